The fourth-order valence-electron chi connectivity index (χ4n) is 2.41. The molecule has 0 atom stereocenters. The molecule has 0 fully saturated rings. The Balaban J connectivity index is 1.99. The third-order valence-electron chi connectivity index (χ3n) is 3.58. The van der Waals surface area contributed by atoms with Crippen molar-refractivity contribution in [3.63, 3.8) is 0 Å². The van der Waals surface area contributed by atoms with Gasteiger partial charge in [0.2, 0.25) is 0 Å². The molecule has 0 bridgehead atoms. The van der Waals surface area contributed by atoms with E-state index in [4.69, 9.17) is 4.74 Å². The zero-order valence-corrected chi connectivity index (χ0v) is 13.7. The van der Waals surface area contributed by atoms with Gasteiger partial charge in [-0.3, -0.25) is 4.72 Å². The van der Waals surface area contributed by atoms with Crippen LogP contribution in [0.5, 0.6) is 5.75 Å². The molecule has 126 valence electrons. The summed E-state index contributed by atoms with van der Waals surface area (Å²) in [6, 6.07) is 9.11. The van der Waals surface area contributed by atoms with Gasteiger partial charge in [-0.2, -0.15) is 0 Å². The van der Waals surface area contributed by atoms with E-state index < -0.39 is 16.0 Å². The van der Waals surface area contributed by atoms with Crippen LogP contribution in [0.15, 0.2) is 41.3 Å². The lowest BCUT2D eigenvalue weighted by Crippen LogP contribution is -2.21. The molecule has 0 radical (unpaired) electrons. The van der Waals surface area contributed by atoms with Crippen LogP contribution in [-0.4, -0.2) is 32.6 Å². The van der Waals surface area contributed by atoms with Gasteiger partial charge < -0.3 is 15.2 Å². The Morgan fingerprint density at radius 1 is 1.25 bits per heavy atom. The molecule has 8 heteroatoms. The molecule has 0 saturated carbocycles. The second-order valence-corrected chi connectivity index (χ2v) is 7.08. The summed E-state index contributed by atoms with van der Waals surface area (Å²) in [5.41, 5.74) is 1.38. The van der Waals surface area contributed by atoms with Crippen molar-refractivity contribution < 1.29 is 23.1 Å². The molecule has 7 nitrogen and oxygen atoms in total. The number of hydrogen-bond donors (Lipinski definition) is 3. The molecular weight excluding hydrogens is 332 g/mol. The van der Waals surface area contributed by atoms with Gasteiger partial charge in [0.1, 0.15) is 12.4 Å². The predicted octanol–water partition coefficient (Wildman–Crippen LogP) is 2.30. The van der Waals surface area contributed by atoms with Crippen molar-refractivity contribution in [1.82, 2.24) is 0 Å². The van der Waals surface area contributed by atoms with E-state index in [1.165, 1.54) is 24.3 Å². The van der Waals surface area contributed by atoms with Gasteiger partial charge in [-0.1, -0.05) is 17.7 Å². The summed E-state index contributed by atoms with van der Waals surface area (Å²) >= 11 is 0. The van der Waals surface area contributed by atoms with Crippen molar-refractivity contribution in [2.45, 2.75) is 11.8 Å². The van der Waals surface area contributed by atoms with E-state index in [0.717, 1.165) is 5.56 Å². The maximum absolute atomic E-state index is 12.4. The minimum absolute atomic E-state index is 0.0474. The summed E-state index contributed by atoms with van der Waals surface area (Å²) in [5.74, 6) is -0.858. The number of rotatable bonds is 4. The average Bonchev–Trinajstić information content (AvgIpc) is 2.54. The van der Waals surface area contributed by atoms with E-state index >= 15 is 0 Å². The Morgan fingerprint density at radius 3 is 2.62 bits per heavy atom. The molecular formula is C16H16N2O5S. The molecule has 1 aliphatic heterocycles. The van der Waals surface area contributed by atoms with Crippen molar-refractivity contribution in [2.24, 2.45) is 0 Å². The van der Waals surface area contributed by atoms with Crippen LogP contribution in [0.2, 0.25) is 0 Å². The number of nitrogens with one attached hydrogen (secondary N) is 2. The number of aryl methyl sites for hydroxylation is 1. The molecule has 0 amide bonds. The van der Waals surface area contributed by atoms with Gasteiger partial charge in [0, 0.05) is 12.6 Å². The first-order valence-corrected chi connectivity index (χ1v) is 8.72. The first-order chi connectivity index (χ1) is 11.4. The number of sulfonamides is 1. The highest BCUT2D eigenvalue weighted by Crippen LogP contribution is 2.35. The zero-order valence-electron chi connectivity index (χ0n) is 12.9. The Hall–Kier alpha value is -2.74. The molecule has 1 heterocycles. The lowest BCUT2D eigenvalue weighted by atomic mass is 10.1. The molecule has 0 unspecified atom stereocenters. The van der Waals surface area contributed by atoms with Gasteiger partial charge >= 0.3 is 5.97 Å². The second-order valence-electron chi connectivity index (χ2n) is 5.40. The summed E-state index contributed by atoms with van der Waals surface area (Å²) in [6.45, 7) is 2.72. The Morgan fingerprint density at radius 2 is 1.96 bits per heavy atom. The molecule has 0 aromatic heterocycles. The summed E-state index contributed by atoms with van der Waals surface area (Å²) < 4.78 is 32.7. The van der Waals surface area contributed by atoms with Crippen LogP contribution in [0.25, 0.3) is 0 Å². The summed E-state index contributed by atoms with van der Waals surface area (Å²) in [7, 11) is -3.82. The van der Waals surface area contributed by atoms with Crippen LogP contribution in [0.3, 0.4) is 0 Å². The number of fused-ring (bicyclic) bond motifs is 1. The third-order valence-corrected chi connectivity index (χ3v) is 4.97. The van der Waals surface area contributed by atoms with Crippen LogP contribution >= 0.6 is 0 Å². The maximum Gasteiger partial charge on any atom is 0.338 e. The maximum atomic E-state index is 12.4. The number of benzene rings is 2. The van der Waals surface area contributed by atoms with Gasteiger partial charge in [-0.05, 0) is 25.1 Å². The normalized spacial score (nSPS) is 13.4. The topological polar surface area (TPSA) is 105 Å². The van der Waals surface area contributed by atoms with Crippen molar-refractivity contribution in [1.29, 1.82) is 0 Å². The van der Waals surface area contributed by atoms with Crippen LogP contribution in [-0.2, 0) is 10.0 Å². The monoisotopic (exact) mass is 348 g/mol. The van der Waals surface area contributed by atoms with Crippen molar-refractivity contribution in [3.8, 4) is 5.75 Å². The van der Waals surface area contributed by atoms with Crippen molar-refractivity contribution in [2.75, 3.05) is 23.2 Å². The van der Waals surface area contributed by atoms with E-state index in [0.29, 0.717) is 24.6 Å². The zero-order chi connectivity index (χ0) is 17.3. The number of ether oxygens (including phenoxy) is 1. The van der Waals surface area contributed by atoms with E-state index in [1.807, 2.05) is 6.92 Å². The highest BCUT2D eigenvalue weighted by molar-refractivity contribution is 7.92. The van der Waals surface area contributed by atoms with Crippen molar-refractivity contribution in [3.05, 3.63) is 47.5 Å². The number of carboxylic acid groups (broad SMARTS) is 1. The Bertz CT molecular complexity index is 891. The van der Waals surface area contributed by atoms with E-state index in [-0.39, 0.29) is 16.1 Å². The number of carboxylic acids is 1. The number of hydrogen-bond acceptors (Lipinski definition) is 5. The fourth-order valence-corrected chi connectivity index (χ4v) is 3.45. The first-order valence-electron chi connectivity index (χ1n) is 7.24. The number of carbonyl (C=O) groups is 1. The van der Waals surface area contributed by atoms with Crippen LogP contribution < -0.4 is 14.8 Å². The number of aromatic carboxylic acids is 1. The van der Waals surface area contributed by atoms with Gasteiger partial charge in [-0.25, -0.2) is 13.2 Å². The van der Waals surface area contributed by atoms with Crippen molar-refractivity contribution >= 4 is 27.4 Å². The van der Waals surface area contributed by atoms with Gasteiger partial charge in [0.15, 0.2) is 0 Å². The Labute approximate surface area is 139 Å². The highest BCUT2D eigenvalue weighted by atomic mass is 32.2. The van der Waals surface area contributed by atoms with E-state index in [2.05, 4.69) is 10.0 Å². The standard InChI is InChI=1S/C16H16N2O5S/c1-10-2-4-12(5-3-10)24(21,22)18-11-8-13(16(19)20)15-14(9-11)23-7-6-17-15/h2-5,8-9,17-18H,6-7H2,1H3,(H,19,20). The lowest BCUT2D eigenvalue weighted by molar-refractivity contribution is 0.0697. The average molecular weight is 348 g/mol. The molecule has 0 saturated heterocycles. The number of anilines is 2. The molecule has 3 N–H and O–H groups in total. The van der Waals surface area contributed by atoms with E-state index in [9.17, 15) is 18.3 Å². The SMILES string of the molecule is Cc1ccc(S(=O)(=O)Nc2cc3c(c(C(=O)O)c2)NCCO3)cc1. The minimum atomic E-state index is -3.82. The molecule has 2 aromatic rings. The Kier molecular flexibility index (Phi) is 4.06. The summed E-state index contributed by atoms with van der Waals surface area (Å²) in [4.78, 5) is 11.5. The smallest absolute Gasteiger partial charge is 0.338 e. The molecule has 3 rings (SSSR count). The van der Waals surface area contributed by atoms with Crippen LogP contribution in [0.4, 0.5) is 11.4 Å². The molecule has 0 aliphatic carbocycles. The molecule has 0 spiro atoms. The van der Waals surface area contributed by atoms with Crippen LogP contribution in [0.1, 0.15) is 15.9 Å². The quantitative estimate of drug-likeness (QED) is 0.783. The second kappa shape index (κ2) is 6.04. The third kappa shape index (κ3) is 3.13. The molecule has 1 aliphatic rings. The minimum Gasteiger partial charge on any atom is -0.489 e. The lowest BCUT2D eigenvalue weighted by Gasteiger charge is -2.22. The summed E-state index contributed by atoms with van der Waals surface area (Å²) in [5, 5.41) is 12.3. The van der Waals surface area contributed by atoms with E-state index in [1.54, 1.807) is 12.1 Å². The fraction of sp³-hybridized carbons (Fsp3) is 0.188. The van der Waals surface area contributed by atoms with Gasteiger partial charge in [0.05, 0.1) is 21.8 Å². The summed E-state index contributed by atoms with van der Waals surface area (Å²) in [6.07, 6.45) is 0. The molecule has 2 aromatic carbocycles. The van der Waals surface area contributed by atoms with Gasteiger partial charge in [0.25, 0.3) is 10.0 Å². The van der Waals surface area contributed by atoms with Crippen LogP contribution in [0, 0.1) is 6.92 Å². The van der Waals surface area contributed by atoms with Gasteiger partial charge in [-0.15, -0.1) is 0 Å². The molecule has 24 heavy (non-hydrogen) atoms. The predicted molar refractivity (Wildman–Crippen MR) is 89.4 cm³/mol. The first kappa shape index (κ1) is 16.1. The highest BCUT2D eigenvalue weighted by Gasteiger charge is 2.22. The largest absolute Gasteiger partial charge is 0.489 e.